The molecule has 0 bridgehead atoms. The molecule has 0 unspecified atom stereocenters. The SMILES string of the molecule is CCn1cnnc1C1CCN(S(=O)(=O)c2cccc(Cl)c2C)CC1. The van der Waals surface area contributed by atoms with Crippen LogP contribution in [0.4, 0.5) is 0 Å². The second-order valence-electron chi connectivity index (χ2n) is 6.02. The highest BCUT2D eigenvalue weighted by atomic mass is 35.5. The fraction of sp³-hybridized carbons (Fsp3) is 0.500. The molecule has 1 saturated heterocycles. The Morgan fingerprint density at radius 3 is 2.67 bits per heavy atom. The van der Waals surface area contributed by atoms with E-state index in [-0.39, 0.29) is 5.92 Å². The average Bonchev–Trinajstić information content (AvgIpc) is 3.06. The third kappa shape index (κ3) is 3.08. The summed E-state index contributed by atoms with van der Waals surface area (Å²) in [5.74, 6) is 1.20. The van der Waals surface area contributed by atoms with Crippen molar-refractivity contribution in [2.24, 2.45) is 0 Å². The Balaban J connectivity index is 1.78. The molecule has 0 N–H and O–H groups in total. The van der Waals surface area contributed by atoms with Crippen molar-refractivity contribution in [3.05, 3.63) is 40.9 Å². The maximum Gasteiger partial charge on any atom is 0.243 e. The maximum atomic E-state index is 12.9. The van der Waals surface area contributed by atoms with Crippen LogP contribution in [0.3, 0.4) is 0 Å². The first-order valence-electron chi connectivity index (χ1n) is 8.08. The molecule has 0 radical (unpaired) electrons. The Kier molecular flexibility index (Phi) is 4.94. The number of aromatic nitrogens is 3. The summed E-state index contributed by atoms with van der Waals surface area (Å²) in [7, 11) is -3.52. The highest BCUT2D eigenvalue weighted by Crippen LogP contribution is 2.31. The van der Waals surface area contributed by atoms with Crippen LogP contribution in [0.5, 0.6) is 0 Å². The molecular formula is C16H21ClN4O2S. The topological polar surface area (TPSA) is 68.1 Å². The van der Waals surface area contributed by atoms with Gasteiger partial charge in [-0.25, -0.2) is 8.42 Å². The zero-order valence-corrected chi connectivity index (χ0v) is 15.4. The van der Waals surface area contributed by atoms with Crippen LogP contribution in [0.1, 0.15) is 37.1 Å². The van der Waals surface area contributed by atoms with Gasteiger partial charge in [0.05, 0.1) is 4.90 Å². The number of hydrogen-bond acceptors (Lipinski definition) is 4. The largest absolute Gasteiger partial charge is 0.318 e. The number of sulfonamides is 1. The van der Waals surface area contributed by atoms with Gasteiger partial charge in [-0.15, -0.1) is 10.2 Å². The molecule has 130 valence electrons. The highest BCUT2D eigenvalue weighted by molar-refractivity contribution is 7.89. The summed E-state index contributed by atoms with van der Waals surface area (Å²) in [5.41, 5.74) is 0.604. The molecule has 6 nitrogen and oxygen atoms in total. The molecular weight excluding hydrogens is 348 g/mol. The van der Waals surface area contributed by atoms with Gasteiger partial charge in [0.2, 0.25) is 10.0 Å². The van der Waals surface area contributed by atoms with Gasteiger partial charge in [-0.3, -0.25) is 0 Å². The van der Waals surface area contributed by atoms with Crippen LogP contribution in [0.15, 0.2) is 29.4 Å². The van der Waals surface area contributed by atoms with Crippen molar-refractivity contribution >= 4 is 21.6 Å². The standard InChI is InChI=1S/C16H21ClN4O2S/c1-3-20-11-18-19-16(20)13-7-9-21(10-8-13)24(22,23)15-6-4-5-14(17)12(15)2/h4-6,11,13H,3,7-10H2,1-2H3. The van der Waals surface area contributed by atoms with Crippen LogP contribution in [-0.2, 0) is 16.6 Å². The summed E-state index contributed by atoms with van der Waals surface area (Å²) in [6, 6.07) is 5.01. The van der Waals surface area contributed by atoms with Crippen molar-refractivity contribution in [1.82, 2.24) is 19.1 Å². The Labute approximate surface area is 147 Å². The molecule has 2 aromatic rings. The summed E-state index contributed by atoms with van der Waals surface area (Å²) in [6.07, 6.45) is 3.23. The molecule has 0 amide bonds. The molecule has 1 aliphatic rings. The minimum Gasteiger partial charge on any atom is -0.318 e. The Morgan fingerprint density at radius 1 is 1.29 bits per heavy atom. The van der Waals surface area contributed by atoms with Crippen LogP contribution >= 0.6 is 11.6 Å². The van der Waals surface area contributed by atoms with E-state index in [2.05, 4.69) is 10.2 Å². The first kappa shape index (κ1) is 17.4. The molecule has 8 heteroatoms. The Morgan fingerprint density at radius 2 is 2.00 bits per heavy atom. The lowest BCUT2D eigenvalue weighted by molar-refractivity contribution is 0.309. The van der Waals surface area contributed by atoms with Crippen molar-refractivity contribution < 1.29 is 8.42 Å². The Hall–Kier alpha value is -1.44. The molecule has 1 aromatic carbocycles. The molecule has 1 aliphatic heterocycles. The highest BCUT2D eigenvalue weighted by Gasteiger charge is 2.32. The van der Waals surface area contributed by atoms with Gasteiger partial charge < -0.3 is 4.57 Å². The van der Waals surface area contributed by atoms with Gasteiger partial charge in [-0.2, -0.15) is 4.31 Å². The molecule has 0 saturated carbocycles. The van der Waals surface area contributed by atoms with Crippen molar-refractivity contribution in [2.45, 2.75) is 44.0 Å². The van der Waals surface area contributed by atoms with Crippen LogP contribution in [0.2, 0.25) is 5.02 Å². The smallest absolute Gasteiger partial charge is 0.243 e. The summed E-state index contributed by atoms with van der Waals surface area (Å²) in [5, 5.41) is 8.65. The zero-order valence-electron chi connectivity index (χ0n) is 13.8. The predicted molar refractivity (Wildman–Crippen MR) is 92.6 cm³/mol. The van der Waals surface area contributed by atoms with Crippen molar-refractivity contribution in [2.75, 3.05) is 13.1 Å². The molecule has 0 atom stereocenters. The monoisotopic (exact) mass is 368 g/mol. The maximum absolute atomic E-state index is 12.9. The average molecular weight is 369 g/mol. The minimum absolute atomic E-state index is 0.249. The van der Waals surface area contributed by atoms with E-state index in [1.807, 2.05) is 11.5 Å². The van der Waals surface area contributed by atoms with Crippen molar-refractivity contribution in [3.8, 4) is 0 Å². The number of halogens is 1. The zero-order chi connectivity index (χ0) is 17.3. The minimum atomic E-state index is -3.52. The number of nitrogens with zero attached hydrogens (tertiary/aromatic N) is 4. The van der Waals surface area contributed by atoms with E-state index >= 15 is 0 Å². The lowest BCUT2D eigenvalue weighted by atomic mass is 9.97. The van der Waals surface area contributed by atoms with Gasteiger partial charge in [0.1, 0.15) is 12.2 Å². The van der Waals surface area contributed by atoms with Crippen molar-refractivity contribution in [3.63, 3.8) is 0 Å². The molecule has 24 heavy (non-hydrogen) atoms. The van der Waals surface area contributed by atoms with Gasteiger partial charge in [-0.1, -0.05) is 17.7 Å². The molecule has 0 aliphatic carbocycles. The number of aryl methyl sites for hydroxylation is 1. The van der Waals surface area contributed by atoms with Crippen LogP contribution < -0.4 is 0 Å². The van der Waals surface area contributed by atoms with E-state index in [0.29, 0.717) is 28.6 Å². The van der Waals surface area contributed by atoms with E-state index in [9.17, 15) is 8.42 Å². The number of hydrogen-bond donors (Lipinski definition) is 0. The van der Waals surface area contributed by atoms with E-state index in [0.717, 1.165) is 25.2 Å². The van der Waals surface area contributed by atoms with Crippen LogP contribution in [0, 0.1) is 6.92 Å². The van der Waals surface area contributed by atoms with Crippen molar-refractivity contribution in [1.29, 1.82) is 0 Å². The first-order valence-corrected chi connectivity index (χ1v) is 9.90. The van der Waals surface area contributed by atoms with Crippen LogP contribution in [0.25, 0.3) is 0 Å². The summed E-state index contributed by atoms with van der Waals surface area (Å²) >= 11 is 6.08. The third-order valence-electron chi connectivity index (χ3n) is 4.64. The fourth-order valence-electron chi connectivity index (χ4n) is 3.18. The quantitative estimate of drug-likeness (QED) is 0.832. The van der Waals surface area contributed by atoms with Crippen LogP contribution in [-0.4, -0.2) is 40.6 Å². The van der Waals surface area contributed by atoms with Gasteiger partial charge in [0.15, 0.2) is 0 Å². The normalized spacial score (nSPS) is 17.3. The summed E-state index contributed by atoms with van der Waals surface area (Å²) < 4.78 is 29.4. The predicted octanol–water partition coefficient (Wildman–Crippen LogP) is 2.83. The Bertz CT molecular complexity index is 826. The molecule has 2 heterocycles. The van der Waals surface area contributed by atoms with E-state index in [4.69, 9.17) is 11.6 Å². The van der Waals surface area contributed by atoms with E-state index in [1.54, 1.807) is 35.8 Å². The summed E-state index contributed by atoms with van der Waals surface area (Å²) in [6.45, 7) is 5.58. The van der Waals surface area contributed by atoms with E-state index in [1.165, 1.54) is 0 Å². The number of piperidine rings is 1. The fourth-order valence-corrected chi connectivity index (χ4v) is 5.13. The van der Waals surface area contributed by atoms with Gasteiger partial charge in [0, 0.05) is 30.6 Å². The summed E-state index contributed by atoms with van der Waals surface area (Å²) in [4.78, 5) is 0.296. The molecule has 1 aromatic heterocycles. The number of benzene rings is 1. The van der Waals surface area contributed by atoms with Gasteiger partial charge in [-0.05, 0) is 44.4 Å². The molecule has 3 rings (SSSR count). The second-order valence-corrected chi connectivity index (χ2v) is 8.33. The second kappa shape index (κ2) is 6.82. The van der Waals surface area contributed by atoms with Gasteiger partial charge >= 0.3 is 0 Å². The third-order valence-corrected chi connectivity index (χ3v) is 7.09. The number of rotatable bonds is 4. The lowest BCUT2D eigenvalue weighted by Crippen LogP contribution is -2.38. The van der Waals surface area contributed by atoms with Gasteiger partial charge in [0.25, 0.3) is 0 Å². The van der Waals surface area contributed by atoms with E-state index < -0.39 is 10.0 Å². The molecule has 0 spiro atoms. The first-order chi connectivity index (χ1) is 11.4. The lowest BCUT2D eigenvalue weighted by Gasteiger charge is -2.31. The molecule has 1 fully saturated rings.